The highest BCUT2D eigenvalue weighted by molar-refractivity contribution is 5.45. The number of aromatic nitrogens is 1. The Morgan fingerprint density at radius 2 is 2.05 bits per heavy atom. The first-order valence-electron chi connectivity index (χ1n) is 7.49. The van der Waals surface area contributed by atoms with Gasteiger partial charge in [0.1, 0.15) is 0 Å². The third-order valence-electron chi connectivity index (χ3n) is 4.04. The molecule has 1 unspecified atom stereocenters. The van der Waals surface area contributed by atoms with Gasteiger partial charge in [0.2, 0.25) is 0 Å². The number of aliphatic hydroxyl groups is 1. The van der Waals surface area contributed by atoms with Crippen LogP contribution in [-0.2, 0) is 0 Å². The van der Waals surface area contributed by atoms with Gasteiger partial charge in [0.05, 0.1) is 24.2 Å². The maximum atomic E-state index is 8.96. The maximum absolute atomic E-state index is 8.96. The summed E-state index contributed by atoms with van der Waals surface area (Å²) in [6.07, 6.45) is 3.03. The smallest absolute Gasteiger partial charge is 0.0574 e. The number of nitrogens with one attached hydrogen (secondary N) is 1. The van der Waals surface area contributed by atoms with E-state index >= 15 is 0 Å². The summed E-state index contributed by atoms with van der Waals surface area (Å²) in [5.41, 5.74) is 2.31. The number of aliphatic hydroxyl groups excluding tert-OH is 1. The SMILES string of the molecule is CCC(NC)c1ccc(N2CCN(CCO)CC2)cn1. The lowest BCUT2D eigenvalue weighted by Gasteiger charge is -2.35. The van der Waals surface area contributed by atoms with Crippen LogP contribution in [-0.4, -0.2) is 61.4 Å². The van der Waals surface area contributed by atoms with Crippen LogP contribution in [0.5, 0.6) is 0 Å². The zero-order valence-electron chi connectivity index (χ0n) is 12.5. The molecule has 0 bridgehead atoms. The van der Waals surface area contributed by atoms with Crippen LogP contribution in [0.2, 0.25) is 0 Å². The molecule has 1 fully saturated rings. The molecule has 0 saturated carbocycles. The lowest BCUT2D eigenvalue weighted by molar-refractivity contribution is 0.189. The van der Waals surface area contributed by atoms with Gasteiger partial charge in [-0.05, 0) is 25.6 Å². The number of pyridine rings is 1. The van der Waals surface area contributed by atoms with Crippen molar-refractivity contribution in [2.24, 2.45) is 0 Å². The van der Waals surface area contributed by atoms with E-state index in [1.165, 1.54) is 5.69 Å². The van der Waals surface area contributed by atoms with Crippen molar-refractivity contribution in [3.05, 3.63) is 24.0 Å². The van der Waals surface area contributed by atoms with Crippen molar-refractivity contribution in [3.8, 4) is 0 Å². The summed E-state index contributed by atoms with van der Waals surface area (Å²) in [5.74, 6) is 0. The van der Waals surface area contributed by atoms with Crippen LogP contribution < -0.4 is 10.2 Å². The van der Waals surface area contributed by atoms with Crippen molar-refractivity contribution in [2.75, 3.05) is 51.3 Å². The highest BCUT2D eigenvalue weighted by atomic mass is 16.3. The van der Waals surface area contributed by atoms with Crippen LogP contribution in [0, 0.1) is 0 Å². The molecule has 2 heterocycles. The molecule has 0 amide bonds. The second-order valence-electron chi connectivity index (χ2n) is 5.24. The number of anilines is 1. The van der Waals surface area contributed by atoms with Crippen molar-refractivity contribution < 1.29 is 5.11 Å². The Bertz CT molecular complexity index is 383. The zero-order chi connectivity index (χ0) is 14.4. The molecule has 5 nitrogen and oxygen atoms in total. The number of rotatable bonds is 6. The van der Waals surface area contributed by atoms with Gasteiger partial charge >= 0.3 is 0 Å². The standard InChI is InChI=1S/C15H26N4O/c1-3-14(16-2)15-5-4-13(12-17-15)19-8-6-18(7-9-19)10-11-20/h4-5,12,14,16,20H,3,6-11H2,1-2H3. The fourth-order valence-electron chi connectivity index (χ4n) is 2.72. The molecule has 1 aromatic rings. The Hall–Kier alpha value is -1.17. The van der Waals surface area contributed by atoms with Crippen molar-refractivity contribution in [1.82, 2.24) is 15.2 Å². The average Bonchev–Trinajstić information content (AvgIpc) is 2.50. The fourth-order valence-corrected chi connectivity index (χ4v) is 2.72. The summed E-state index contributed by atoms with van der Waals surface area (Å²) in [6, 6.07) is 4.63. The van der Waals surface area contributed by atoms with Crippen molar-refractivity contribution in [3.63, 3.8) is 0 Å². The highest BCUT2D eigenvalue weighted by Crippen LogP contribution is 2.19. The predicted molar refractivity (Wildman–Crippen MR) is 82.1 cm³/mol. The van der Waals surface area contributed by atoms with E-state index < -0.39 is 0 Å². The summed E-state index contributed by atoms with van der Waals surface area (Å²) >= 11 is 0. The Morgan fingerprint density at radius 1 is 1.30 bits per heavy atom. The number of hydrogen-bond donors (Lipinski definition) is 2. The van der Waals surface area contributed by atoms with Crippen molar-refractivity contribution >= 4 is 5.69 Å². The quantitative estimate of drug-likeness (QED) is 0.808. The van der Waals surface area contributed by atoms with Crippen LogP contribution in [0.3, 0.4) is 0 Å². The first-order chi connectivity index (χ1) is 9.78. The molecule has 1 aromatic heterocycles. The lowest BCUT2D eigenvalue weighted by atomic mass is 10.1. The first-order valence-corrected chi connectivity index (χ1v) is 7.49. The molecule has 1 atom stereocenters. The van der Waals surface area contributed by atoms with E-state index in [0.717, 1.165) is 44.8 Å². The minimum absolute atomic E-state index is 0.249. The van der Waals surface area contributed by atoms with Crippen LogP contribution in [0.25, 0.3) is 0 Å². The normalized spacial score (nSPS) is 18.2. The van der Waals surface area contributed by atoms with Gasteiger partial charge < -0.3 is 15.3 Å². The van der Waals surface area contributed by atoms with E-state index in [0.29, 0.717) is 6.04 Å². The molecule has 1 aliphatic rings. The number of hydrogen-bond acceptors (Lipinski definition) is 5. The number of β-amino-alcohol motifs (C(OH)–C–C–N with tert-alkyl or cyclic N) is 1. The van der Waals surface area contributed by atoms with Gasteiger partial charge in [-0.25, -0.2) is 0 Å². The topological polar surface area (TPSA) is 51.6 Å². The van der Waals surface area contributed by atoms with Gasteiger partial charge in [-0.3, -0.25) is 9.88 Å². The first kappa shape index (κ1) is 15.2. The Morgan fingerprint density at radius 3 is 2.55 bits per heavy atom. The number of piperazine rings is 1. The summed E-state index contributed by atoms with van der Waals surface area (Å²) in [5, 5.41) is 12.2. The lowest BCUT2D eigenvalue weighted by Crippen LogP contribution is -2.47. The van der Waals surface area contributed by atoms with Gasteiger partial charge in [-0.2, -0.15) is 0 Å². The monoisotopic (exact) mass is 278 g/mol. The Labute approximate surface area is 121 Å². The fraction of sp³-hybridized carbons (Fsp3) is 0.667. The second kappa shape index (κ2) is 7.57. The highest BCUT2D eigenvalue weighted by Gasteiger charge is 2.17. The third-order valence-corrected chi connectivity index (χ3v) is 4.04. The van der Waals surface area contributed by atoms with E-state index in [2.05, 4.69) is 39.2 Å². The summed E-state index contributed by atoms with van der Waals surface area (Å²) in [7, 11) is 1.98. The van der Waals surface area contributed by atoms with E-state index in [1.54, 1.807) is 0 Å². The summed E-state index contributed by atoms with van der Waals surface area (Å²) < 4.78 is 0. The van der Waals surface area contributed by atoms with Crippen molar-refractivity contribution in [2.45, 2.75) is 19.4 Å². The molecule has 0 aromatic carbocycles. The Kier molecular flexibility index (Phi) is 5.76. The van der Waals surface area contributed by atoms with Crippen LogP contribution in [0.15, 0.2) is 18.3 Å². The van der Waals surface area contributed by atoms with Gasteiger partial charge in [0.25, 0.3) is 0 Å². The second-order valence-corrected chi connectivity index (χ2v) is 5.24. The zero-order valence-corrected chi connectivity index (χ0v) is 12.5. The minimum Gasteiger partial charge on any atom is -0.395 e. The molecule has 20 heavy (non-hydrogen) atoms. The molecule has 1 aliphatic heterocycles. The van der Waals surface area contributed by atoms with E-state index in [1.807, 2.05) is 13.2 Å². The largest absolute Gasteiger partial charge is 0.395 e. The average molecular weight is 278 g/mol. The van der Waals surface area contributed by atoms with Gasteiger partial charge in [-0.1, -0.05) is 6.92 Å². The predicted octanol–water partition coefficient (Wildman–Crippen LogP) is 0.866. The van der Waals surface area contributed by atoms with Gasteiger partial charge in [0, 0.05) is 38.8 Å². The summed E-state index contributed by atoms with van der Waals surface area (Å²) in [6.45, 7) is 7.22. The van der Waals surface area contributed by atoms with Crippen LogP contribution in [0.1, 0.15) is 25.1 Å². The molecule has 1 saturated heterocycles. The molecule has 5 heteroatoms. The van der Waals surface area contributed by atoms with Crippen molar-refractivity contribution in [1.29, 1.82) is 0 Å². The van der Waals surface area contributed by atoms with Gasteiger partial charge in [0.15, 0.2) is 0 Å². The maximum Gasteiger partial charge on any atom is 0.0574 e. The molecular formula is C15H26N4O. The molecule has 0 spiro atoms. The minimum atomic E-state index is 0.249. The number of nitrogens with zero attached hydrogens (tertiary/aromatic N) is 3. The van der Waals surface area contributed by atoms with Crippen LogP contribution in [0.4, 0.5) is 5.69 Å². The van der Waals surface area contributed by atoms with Crippen LogP contribution >= 0.6 is 0 Å². The molecule has 2 N–H and O–H groups in total. The molecule has 0 radical (unpaired) electrons. The van der Waals surface area contributed by atoms with E-state index in [4.69, 9.17) is 5.11 Å². The molecule has 2 rings (SSSR count). The summed E-state index contributed by atoms with van der Waals surface area (Å²) in [4.78, 5) is 9.26. The third kappa shape index (κ3) is 3.69. The van der Waals surface area contributed by atoms with Gasteiger partial charge in [-0.15, -0.1) is 0 Å². The Balaban J connectivity index is 1.94. The molecule has 0 aliphatic carbocycles. The molecular weight excluding hydrogens is 252 g/mol. The van der Waals surface area contributed by atoms with E-state index in [-0.39, 0.29) is 6.61 Å². The van der Waals surface area contributed by atoms with E-state index in [9.17, 15) is 0 Å². The molecule has 112 valence electrons.